The van der Waals surface area contributed by atoms with Crippen molar-refractivity contribution in [2.45, 2.75) is 25.8 Å². The van der Waals surface area contributed by atoms with Crippen LogP contribution in [0.4, 0.5) is 0 Å². The minimum absolute atomic E-state index is 0.0607. The van der Waals surface area contributed by atoms with E-state index in [1.165, 1.54) is 0 Å². The standard InChI is InChI=1S/C12H17Cl2N3O/c1-7-2-3-8(5-15)6-17(7)12(18)10-4-9(13)11(14)16-10/h4,7-8,16H,2-3,5-6,15H2,1H3. The lowest BCUT2D eigenvalue weighted by Gasteiger charge is -2.37. The maximum atomic E-state index is 12.4. The van der Waals surface area contributed by atoms with Crippen LogP contribution in [0.15, 0.2) is 6.07 Å². The SMILES string of the molecule is CC1CCC(CN)CN1C(=O)c1cc(Cl)c(Cl)[nH]1. The van der Waals surface area contributed by atoms with Gasteiger partial charge in [-0.3, -0.25) is 4.79 Å². The van der Waals surface area contributed by atoms with Crippen molar-refractivity contribution in [1.29, 1.82) is 0 Å². The summed E-state index contributed by atoms with van der Waals surface area (Å²) in [7, 11) is 0. The molecule has 1 aliphatic rings. The van der Waals surface area contributed by atoms with Crippen LogP contribution in [-0.2, 0) is 0 Å². The topological polar surface area (TPSA) is 62.1 Å². The Morgan fingerprint density at radius 3 is 2.83 bits per heavy atom. The van der Waals surface area contributed by atoms with Crippen molar-refractivity contribution in [1.82, 2.24) is 9.88 Å². The Balaban J connectivity index is 2.16. The normalized spacial score (nSPS) is 24.3. The maximum Gasteiger partial charge on any atom is 0.270 e. The van der Waals surface area contributed by atoms with E-state index >= 15 is 0 Å². The van der Waals surface area contributed by atoms with Crippen LogP contribution in [0.1, 0.15) is 30.3 Å². The van der Waals surface area contributed by atoms with Gasteiger partial charge in [-0.2, -0.15) is 0 Å². The van der Waals surface area contributed by atoms with E-state index in [1.807, 2.05) is 4.90 Å². The lowest BCUT2D eigenvalue weighted by molar-refractivity contribution is 0.0561. The molecule has 0 radical (unpaired) electrons. The summed E-state index contributed by atoms with van der Waals surface area (Å²) in [5, 5.41) is 0.681. The second-order valence-electron chi connectivity index (χ2n) is 4.83. The van der Waals surface area contributed by atoms with Crippen LogP contribution in [-0.4, -0.2) is 34.9 Å². The van der Waals surface area contributed by atoms with Gasteiger partial charge in [0.25, 0.3) is 5.91 Å². The van der Waals surface area contributed by atoms with Crippen LogP contribution in [0, 0.1) is 5.92 Å². The number of aromatic amines is 1. The molecule has 6 heteroatoms. The van der Waals surface area contributed by atoms with E-state index in [0.29, 0.717) is 34.9 Å². The lowest BCUT2D eigenvalue weighted by atomic mass is 9.93. The number of halogens is 2. The Morgan fingerprint density at radius 2 is 2.28 bits per heavy atom. The highest BCUT2D eigenvalue weighted by Gasteiger charge is 2.29. The number of H-pyrrole nitrogens is 1. The molecule has 2 heterocycles. The molecule has 100 valence electrons. The van der Waals surface area contributed by atoms with Gasteiger partial charge in [-0.25, -0.2) is 0 Å². The summed E-state index contributed by atoms with van der Waals surface area (Å²) < 4.78 is 0. The molecule has 0 aliphatic carbocycles. The van der Waals surface area contributed by atoms with Gasteiger partial charge in [0.05, 0.1) is 5.02 Å². The molecule has 1 aromatic heterocycles. The first-order valence-electron chi connectivity index (χ1n) is 6.08. The third kappa shape index (κ3) is 2.66. The molecule has 0 bridgehead atoms. The van der Waals surface area contributed by atoms with Crippen LogP contribution in [0.3, 0.4) is 0 Å². The molecule has 1 amide bonds. The average Bonchev–Trinajstić information content (AvgIpc) is 2.69. The molecular weight excluding hydrogens is 273 g/mol. The lowest BCUT2D eigenvalue weighted by Crippen LogP contribution is -2.47. The summed E-state index contributed by atoms with van der Waals surface area (Å²) in [5.41, 5.74) is 6.13. The highest BCUT2D eigenvalue weighted by molar-refractivity contribution is 6.41. The van der Waals surface area contributed by atoms with Crippen molar-refractivity contribution in [2.75, 3.05) is 13.1 Å². The smallest absolute Gasteiger partial charge is 0.270 e. The maximum absolute atomic E-state index is 12.4. The Labute approximate surface area is 116 Å². The van der Waals surface area contributed by atoms with E-state index in [0.717, 1.165) is 12.8 Å². The summed E-state index contributed by atoms with van der Waals surface area (Å²) >= 11 is 11.7. The second kappa shape index (κ2) is 5.51. The molecular formula is C12H17Cl2N3O. The molecule has 4 nitrogen and oxygen atoms in total. The van der Waals surface area contributed by atoms with Crippen LogP contribution >= 0.6 is 23.2 Å². The highest BCUT2D eigenvalue weighted by Crippen LogP contribution is 2.26. The van der Waals surface area contributed by atoms with Crippen molar-refractivity contribution < 1.29 is 4.79 Å². The third-order valence-corrected chi connectivity index (χ3v) is 4.22. The van der Waals surface area contributed by atoms with E-state index in [2.05, 4.69) is 11.9 Å². The van der Waals surface area contributed by atoms with Gasteiger partial charge in [0.15, 0.2) is 0 Å². The number of likely N-dealkylation sites (tertiary alicyclic amines) is 1. The number of amides is 1. The Kier molecular flexibility index (Phi) is 4.20. The minimum Gasteiger partial charge on any atom is -0.340 e. The predicted molar refractivity (Wildman–Crippen MR) is 73.1 cm³/mol. The zero-order valence-corrected chi connectivity index (χ0v) is 11.8. The zero-order valence-electron chi connectivity index (χ0n) is 10.2. The monoisotopic (exact) mass is 289 g/mol. The van der Waals surface area contributed by atoms with Crippen LogP contribution < -0.4 is 5.73 Å². The molecule has 1 fully saturated rings. The van der Waals surface area contributed by atoms with E-state index in [9.17, 15) is 4.79 Å². The number of hydrogen-bond donors (Lipinski definition) is 2. The third-order valence-electron chi connectivity index (χ3n) is 3.53. The quantitative estimate of drug-likeness (QED) is 0.879. The number of rotatable bonds is 2. The van der Waals surface area contributed by atoms with Gasteiger partial charge in [-0.1, -0.05) is 23.2 Å². The van der Waals surface area contributed by atoms with E-state index in [4.69, 9.17) is 28.9 Å². The number of nitrogens with zero attached hydrogens (tertiary/aromatic N) is 1. The molecule has 1 aliphatic heterocycles. The fourth-order valence-electron chi connectivity index (χ4n) is 2.33. The van der Waals surface area contributed by atoms with Crippen molar-refractivity contribution in [2.24, 2.45) is 11.7 Å². The first-order valence-corrected chi connectivity index (χ1v) is 6.83. The molecule has 1 aromatic rings. The zero-order chi connectivity index (χ0) is 13.3. The Hall–Kier alpha value is -0.710. The van der Waals surface area contributed by atoms with Crippen LogP contribution in [0.5, 0.6) is 0 Å². The largest absolute Gasteiger partial charge is 0.340 e. The summed E-state index contributed by atoms with van der Waals surface area (Å²) in [6.45, 7) is 3.37. The first-order chi connectivity index (χ1) is 8.52. The van der Waals surface area contributed by atoms with Crippen LogP contribution in [0.2, 0.25) is 10.2 Å². The van der Waals surface area contributed by atoms with Gasteiger partial charge in [-0.05, 0) is 38.3 Å². The number of carbonyl (C=O) groups is 1. The van der Waals surface area contributed by atoms with Crippen molar-refractivity contribution in [3.8, 4) is 0 Å². The predicted octanol–water partition coefficient (Wildman–Crippen LogP) is 2.52. The number of nitrogens with one attached hydrogen (secondary N) is 1. The molecule has 0 spiro atoms. The van der Waals surface area contributed by atoms with Gasteiger partial charge >= 0.3 is 0 Å². The van der Waals surface area contributed by atoms with Gasteiger partial charge in [0.2, 0.25) is 0 Å². The minimum atomic E-state index is -0.0607. The summed E-state index contributed by atoms with van der Waals surface area (Å²) in [4.78, 5) is 17.0. The van der Waals surface area contributed by atoms with Gasteiger partial charge in [0, 0.05) is 12.6 Å². The second-order valence-corrected chi connectivity index (χ2v) is 5.62. The molecule has 2 rings (SSSR count). The molecule has 3 N–H and O–H groups in total. The summed E-state index contributed by atoms with van der Waals surface area (Å²) in [6, 6.07) is 1.80. The first kappa shape index (κ1) is 13.7. The van der Waals surface area contributed by atoms with Gasteiger partial charge < -0.3 is 15.6 Å². The number of piperidine rings is 1. The van der Waals surface area contributed by atoms with E-state index in [-0.39, 0.29) is 11.9 Å². The highest BCUT2D eigenvalue weighted by atomic mass is 35.5. The van der Waals surface area contributed by atoms with Crippen LogP contribution in [0.25, 0.3) is 0 Å². The molecule has 18 heavy (non-hydrogen) atoms. The van der Waals surface area contributed by atoms with Crippen molar-refractivity contribution in [3.05, 3.63) is 21.9 Å². The molecule has 0 aromatic carbocycles. The fraction of sp³-hybridized carbons (Fsp3) is 0.583. The molecule has 2 atom stereocenters. The fourth-order valence-corrected chi connectivity index (χ4v) is 2.64. The average molecular weight is 290 g/mol. The molecule has 1 saturated heterocycles. The van der Waals surface area contributed by atoms with Crippen molar-refractivity contribution >= 4 is 29.1 Å². The summed E-state index contributed by atoms with van der Waals surface area (Å²) in [6.07, 6.45) is 2.06. The molecule has 2 unspecified atom stereocenters. The van der Waals surface area contributed by atoms with Gasteiger partial charge in [0.1, 0.15) is 10.8 Å². The van der Waals surface area contributed by atoms with E-state index < -0.39 is 0 Å². The van der Waals surface area contributed by atoms with Crippen molar-refractivity contribution in [3.63, 3.8) is 0 Å². The summed E-state index contributed by atoms with van der Waals surface area (Å²) in [5.74, 6) is 0.320. The Bertz CT molecular complexity index is 427. The number of carbonyl (C=O) groups excluding carboxylic acids is 1. The molecule has 0 saturated carbocycles. The van der Waals surface area contributed by atoms with E-state index in [1.54, 1.807) is 6.07 Å². The number of hydrogen-bond acceptors (Lipinski definition) is 2. The van der Waals surface area contributed by atoms with Gasteiger partial charge in [-0.15, -0.1) is 0 Å². The number of aromatic nitrogens is 1. The number of nitrogens with two attached hydrogens (primary N) is 1. The Morgan fingerprint density at radius 1 is 1.56 bits per heavy atom.